The number of hydrogen-bond donors (Lipinski definition) is 1. The zero-order valence-electron chi connectivity index (χ0n) is 11.7. The maximum atomic E-state index is 12.0. The van der Waals surface area contributed by atoms with Crippen LogP contribution >= 0.6 is 0 Å². The first-order valence-electron chi connectivity index (χ1n) is 6.06. The average molecular weight is 272 g/mol. The van der Waals surface area contributed by atoms with E-state index in [-0.39, 0.29) is 13.0 Å². The first-order valence-corrected chi connectivity index (χ1v) is 6.06. The van der Waals surface area contributed by atoms with E-state index in [1.165, 1.54) is 12.0 Å². The Labute approximate surface area is 112 Å². The second kappa shape index (κ2) is 5.90. The van der Waals surface area contributed by atoms with Crippen LogP contribution in [0.4, 0.5) is 4.79 Å². The molecule has 1 amide bonds. The summed E-state index contributed by atoms with van der Waals surface area (Å²) in [6.45, 7) is 5.47. The van der Waals surface area contributed by atoms with Gasteiger partial charge in [0.15, 0.2) is 0 Å². The number of carbonyl (C=O) groups excluding carboxylic acids is 1. The lowest BCUT2D eigenvalue weighted by atomic mass is 10.0. The molecule has 1 N–H and O–H groups in total. The van der Waals surface area contributed by atoms with Gasteiger partial charge in [0.1, 0.15) is 18.8 Å². The van der Waals surface area contributed by atoms with Crippen molar-refractivity contribution in [2.75, 3.05) is 13.7 Å². The van der Waals surface area contributed by atoms with Crippen LogP contribution < -0.4 is 0 Å². The van der Waals surface area contributed by atoms with E-state index in [0.717, 1.165) is 0 Å². The van der Waals surface area contributed by atoms with E-state index in [1.54, 1.807) is 20.8 Å². The van der Waals surface area contributed by atoms with Crippen molar-refractivity contribution < 1.29 is 24.3 Å². The Bertz CT molecular complexity index is 386. The molecule has 108 valence electrons. The standard InChI is InChI=1S/C12H20N2O5/c1-12(2,3)19-11(17)14-6-5-8(13-18-4)7-9(14)10(15)16/h9H,5-7H2,1-4H3,(H,15,16)/b13-8+. The summed E-state index contributed by atoms with van der Waals surface area (Å²) in [5, 5.41) is 13.0. The number of ether oxygens (including phenoxy) is 1. The number of carbonyl (C=O) groups is 2. The Morgan fingerprint density at radius 2 is 2.05 bits per heavy atom. The van der Waals surface area contributed by atoms with Gasteiger partial charge in [-0.1, -0.05) is 5.16 Å². The molecule has 0 spiro atoms. The van der Waals surface area contributed by atoms with Crippen molar-refractivity contribution in [2.45, 2.75) is 45.3 Å². The number of likely N-dealkylation sites (tertiary alicyclic amines) is 1. The topological polar surface area (TPSA) is 88.4 Å². The van der Waals surface area contributed by atoms with Crippen molar-refractivity contribution in [3.05, 3.63) is 0 Å². The van der Waals surface area contributed by atoms with E-state index >= 15 is 0 Å². The van der Waals surface area contributed by atoms with Crippen LogP contribution in [0.2, 0.25) is 0 Å². The molecule has 1 aliphatic heterocycles. The van der Waals surface area contributed by atoms with Crippen molar-refractivity contribution >= 4 is 17.8 Å². The minimum atomic E-state index is -1.07. The van der Waals surface area contributed by atoms with Crippen LogP contribution in [0.1, 0.15) is 33.6 Å². The SMILES string of the molecule is CO/N=C1\CCN(C(=O)OC(C)(C)C)C(C(=O)O)C1. The summed E-state index contributed by atoms with van der Waals surface area (Å²) < 4.78 is 5.21. The maximum absolute atomic E-state index is 12.0. The fraction of sp³-hybridized carbons (Fsp3) is 0.750. The first-order chi connectivity index (χ1) is 8.74. The van der Waals surface area contributed by atoms with Crippen molar-refractivity contribution in [1.29, 1.82) is 0 Å². The summed E-state index contributed by atoms with van der Waals surface area (Å²) >= 11 is 0. The molecular formula is C12H20N2O5. The van der Waals surface area contributed by atoms with Gasteiger partial charge in [-0.15, -0.1) is 0 Å². The summed E-state index contributed by atoms with van der Waals surface area (Å²) in [6.07, 6.45) is 0.0237. The van der Waals surface area contributed by atoms with Crippen LogP contribution in [0.5, 0.6) is 0 Å². The van der Waals surface area contributed by atoms with Gasteiger partial charge in [-0.3, -0.25) is 4.90 Å². The molecule has 0 aliphatic carbocycles. The molecule has 19 heavy (non-hydrogen) atoms. The van der Waals surface area contributed by atoms with Gasteiger partial charge in [0, 0.05) is 19.4 Å². The lowest BCUT2D eigenvalue weighted by Crippen LogP contribution is -2.51. The van der Waals surface area contributed by atoms with Crippen molar-refractivity contribution in [3.8, 4) is 0 Å². The summed E-state index contributed by atoms with van der Waals surface area (Å²) in [5.74, 6) is -1.07. The molecule has 1 fully saturated rings. The highest BCUT2D eigenvalue weighted by molar-refractivity contribution is 5.93. The molecule has 7 heteroatoms. The van der Waals surface area contributed by atoms with Gasteiger partial charge in [-0.2, -0.15) is 0 Å². The molecule has 1 aliphatic rings. The van der Waals surface area contributed by atoms with Crippen LogP contribution in [0.25, 0.3) is 0 Å². The Kier molecular flexibility index (Phi) is 4.74. The van der Waals surface area contributed by atoms with Gasteiger partial charge in [0.25, 0.3) is 0 Å². The van der Waals surface area contributed by atoms with Crippen molar-refractivity contribution in [1.82, 2.24) is 4.90 Å². The largest absolute Gasteiger partial charge is 0.480 e. The normalized spacial score (nSPS) is 22.2. The first kappa shape index (κ1) is 15.3. The molecule has 0 saturated carbocycles. The number of rotatable bonds is 2. The minimum Gasteiger partial charge on any atom is -0.480 e. The Morgan fingerprint density at radius 3 is 2.53 bits per heavy atom. The Balaban J connectivity index is 2.80. The number of oxime groups is 1. The third-order valence-corrected chi connectivity index (χ3v) is 2.58. The van der Waals surface area contributed by atoms with Gasteiger partial charge in [-0.25, -0.2) is 9.59 Å². The predicted octanol–water partition coefficient (Wildman–Crippen LogP) is 1.47. The average Bonchev–Trinajstić information content (AvgIpc) is 2.26. The van der Waals surface area contributed by atoms with Gasteiger partial charge in [0.2, 0.25) is 0 Å². The number of carboxylic acid groups (broad SMARTS) is 1. The zero-order valence-corrected chi connectivity index (χ0v) is 11.7. The second-order valence-corrected chi connectivity index (χ2v) is 5.32. The summed E-state index contributed by atoms with van der Waals surface area (Å²) in [6, 6.07) is -0.961. The monoisotopic (exact) mass is 272 g/mol. The molecule has 0 aromatic heterocycles. The molecule has 7 nitrogen and oxygen atoms in total. The van der Waals surface area contributed by atoms with E-state index in [9.17, 15) is 14.7 Å². The zero-order chi connectivity index (χ0) is 14.6. The highest BCUT2D eigenvalue weighted by Gasteiger charge is 2.37. The molecule has 0 bridgehead atoms. The molecule has 1 rings (SSSR count). The third kappa shape index (κ3) is 4.42. The van der Waals surface area contributed by atoms with Crippen LogP contribution in [-0.4, -0.2) is 53.1 Å². The number of amides is 1. The summed E-state index contributed by atoms with van der Waals surface area (Å²) in [5.41, 5.74) is -0.0178. The molecule has 0 radical (unpaired) electrons. The van der Waals surface area contributed by atoms with E-state index in [1.807, 2.05) is 0 Å². The van der Waals surface area contributed by atoms with E-state index in [2.05, 4.69) is 9.99 Å². The van der Waals surface area contributed by atoms with Crippen molar-refractivity contribution in [3.63, 3.8) is 0 Å². The van der Waals surface area contributed by atoms with Crippen LogP contribution in [0, 0.1) is 0 Å². The van der Waals surface area contributed by atoms with Gasteiger partial charge in [0.05, 0.1) is 5.71 Å². The molecule has 1 atom stereocenters. The number of aliphatic carboxylic acids is 1. The third-order valence-electron chi connectivity index (χ3n) is 2.58. The maximum Gasteiger partial charge on any atom is 0.411 e. The smallest absolute Gasteiger partial charge is 0.411 e. The Morgan fingerprint density at radius 1 is 1.42 bits per heavy atom. The number of piperidine rings is 1. The Hall–Kier alpha value is -1.79. The molecule has 1 unspecified atom stereocenters. The van der Waals surface area contributed by atoms with Gasteiger partial charge >= 0.3 is 12.1 Å². The van der Waals surface area contributed by atoms with E-state index in [0.29, 0.717) is 12.1 Å². The number of carboxylic acids is 1. The van der Waals surface area contributed by atoms with Gasteiger partial charge in [-0.05, 0) is 20.8 Å². The number of hydrogen-bond acceptors (Lipinski definition) is 5. The van der Waals surface area contributed by atoms with Crippen molar-refractivity contribution in [2.24, 2.45) is 5.16 Å². The fourth-order valence-electron chi connectivity index (χ4n) is 1.81. The molecule has 1 saturated heterocycles. The molecular weight excluding hydrogens is 252 g/mol. The highest BCUT2D eigenvalue weighted by atomic mass is 16.6. The van der Waals surface area contributed by atoms with Crippen LogP contribution in [-0.2, 0) is 14.4 Å². The molecule has 0 aromatic carbocycles. The minimum absolute atomic E-state index is 0.155. The quantitative estimate of drug-likeness (QED) is 0.769. The molecule has 0 aromatic rings. The fourth-order valence-corrected chi connectivity index (χ4v) is 1.81. The summed E-state index contributed by atoms with van der Waals surface area (Å²) in [7, 11) is 1.41. The number of nitrogens with zero attached hydrogens (tertiary/aromatic N) is 2. The lowest BCUT2D eigenvalue weighted by molar-refractivity contribution is -0.143. The summed E-state index contributed by atoms with van der Waals surface area (Å²) in [4.78, 5) is 29.1. The second-order valence-electron chi connectivity index (χ2n) is 5.32. The van der Waals surface area contributed by atoms with Crippen LogP contribution in [0.15, 0.2) is 5.16 Å². The predicted molar refractivity (Wildman–Crippen MR) is 68.0 cm³/mol. The molecule has 1 heterocycles. The van der Waals surface area contributed by atoms with Gasteiger partial charge < -0.3 is 14.7 Å². The van der Waals surface area contributed by atoms with E-state index < -0.39 is 23.7 Å². The highest BCUT2D eigenvalue weighted by Crippen LogP contribution is 2.19. The lowest BCUT2D eigenvalue weighted by Gasteiger charge is -2.34. The van der Waals surface area contributed by atoms with Crippen LogP contribution in [0.3, 0.4) is 0 Å². The van der Waals surface area contributed by atoms with E-state index in [4.69, 9.17) is 4.74 Å².